The summed E-state index contributed by atoms with van der Waals surface area (Å²) in [6, 6.07) is 11.2. The SMILES string of the molecule is CC(C)(c1ccc(OC[C@@H](O)Cn2ccnc2)c(Cl)c1)c1ccc(OC[C@@H](O)CCl)c(Cl)c1. The van der Waals surface area contributed by atoms with Crippen molar-refractivity contribution in [2.45, 2.75) is 38.0 Å². The number of halogens is 3. The van der Waals surface area contributed by atoms with Crippen LogP contribution in [0.4, 0.5) is 0 Å². The van der Waals surface area contributed by atoms with Gasteiger partial charge >= 0.3 is 0 Å². The van der Waals surface area contributed by atoms with Crippen LogP contribution in [0.2, 0.25) is 10.0 Å². The number of ether oxygens (including phenoxy) is 2. The second-order valence-electron chi connectivity index (χ2n) is 8.26. The van der Waals surface area contributed by atoms with Gasteiger partial charge in [0, 0.05) is 17.8 Å². The molecule has 0 aliphatic rings. The zero-order valence-electron chi connectivity index (χ0n) is 18.4. The highest BCUT2D eigenvalue weighted by Crippen LogP contribution is 2.38. The first-order valence-electron chi connectivity index (χ1n) is 10.4. The average Bonchev–Trinajstić information content (AvgIpc) is 3.30. The molecule has 0 bridgehead atoms. The smallest absolute Gasteiger partial charge is 0.138 e. The highest BCUT2D eigenvalue weighted by Gasteiger charge is 2.25. The van der Waals surface area contributed by atoms with E-state index in [2.05, 4.69) is 18.8 Å². The van der Waals surface area contributed by atoms with Crippen LogP contribution in [0.15, 0.2) is 55.1 Å². The molecule has 0 radical (unpaired) electrons. The Kier molecular flexibility index (Phi) is 8.90. The predicted octanol–water partition coefficient (Wildman–Crippen LogP) is 4.93. The molecule has 1 heterocycles. The Labute approximate surface area is 208 Å². The Morgan fingerprint density at radius 2 is 1.48 bits per heavy atom. The molecule has 0 spiro atoms. The Morgan fingerprint density at radius 1 is 0.939 bits per heavy atom. The second kappa shape index (κ2) is 11.4. The van der Waals surface area contributed by atoms with Gasteiger partial charge in [-0.2, -0.15) is 0 Å². The Morgan fingerprint density at radius 3 is 1.94 bits per heavy atom. The van der Waals surface area contributed by atoms with Crippen molar-refractivity contribution in [3.05, 3.63) is 76.3 Å². The summed E-state index contributed by atoms with van der Waals surface area (Å²) in [7, 11) is 0. The van der Waals surface area contributed by atoms with Crippen LogP contribution in [0.25, 0.3) is 0 Å². The molecule has 2 atom stereocenters. The van der Waals surface area contributed by atoms with Crippen LogP contribution in [-0.2, 0) is 12.0 Å². The number of hydrogen-bond donors (Lipinski definition) is 2. The molecule has 6 nitrogen and oxygen atoms in total. The van der Waals surface area contributed by atoms with Crippen molar-refractivity contribution < 1.29 is 19.7 Å². The maximum atomic E-state index is 10.2. The minimum Gasteiger partial charge on any atom is -0.489 e. The van der Waals surface area contributed by atoms with Crippen molar-refractivity contribution >= 4 is 34.8 Å². The second-order valence-corrected chi connectivity index (χ2v) is 9.38. The van der Waals surface area contributed by atoms with Crippen molar-refractivity contribution in [3.63, 3.8) is 0 Å². The third kappa shape index (κ3) is 6.78. The van der Waals surface area contributed by atoms with Crippen molar-refractivity contribution in [2.24, 2.45) is 0 Å². The van der Waals surface area contributed by atoms with Gasteiger partial charge in [-0.3, -0.25) is 0 Å². The van der Waals surface area contributed by atoms with Gasteiger partial charge in [0.2, 0.25) is 0 Å². The molecule has 178 valence electrons. The molecule has 0 amide bonds. The topological polar surface area (TPSA) is 76.7 Å². The number of nitrogens with zero attached hydrogens (tertiary/aromatic N) is 2. The standard InChI is InChI=1S/C24H27Cl3N2O4/c1-24(2,16-3-5-22(20(26)9-16)32-13-18(30)11-25)17-4-6-23(21(27)10-17)33-14-19(31)12-29-8-7-28-15-29/h3-10,15,18-19,30-31H,11-14H2,1-2H3/t18-,19-/m0/s1. The summed E-state index contributed by atoms with van der Waals surface area (Å²) in [5.74, 6) is 1.07. The summed E-state index contributed by atoms with van der Waals surface area (Å²) >= 11 is 18.5. The first kappa shape index (κ1) is 25.7. The summed E-state index contributed by atoms with van der Waals surface area (Å²) in [5, 5.41) is 20.7. The average molecular weight is 514 g/mol. The van der Waals surface area contributed by atoms with Gasteiger partial charge in [0.15, 0.2) is 0 Å². The third-order valence-electron chi connectivity index (χ3n) is 5.33. The molecule has 0 fully saturated rings. The largest absolute Gasteiger partial charge is 0.489 e. The number of alkyl halides is 1. The van der Waals surface area contributed by atoms with Gasteiger partial charge in [-0.1, -0.05) is 49.2 Å². The number of rotatable bonds is 11. The van der Waals surface area contributed by atoms with Gasteiger partial charge < -0.3 is 24.3 Å². The van der Waals surface area contributed by atoms with E-state index < -0.39 is 17.6 Å². The highest BCUT2D eigenvalue weighted by atomic mass is 35.5. The monoisotopic (exact) mass is 512 g/mol. The first-order chi connectivity index (χ1) is 15.7. The van der Waals surface area contributed by atoms with E-state index in [1.807, 2.05) is 24.3 Å². The molecule has 0 unspecified atom stereocenters. The molecule has 0 aliphatic carbocycles. The molecular weight excluding hydrogens is 487 g/mol. The summed E-state index contributed by atoms with van der Waals surface area (Å²) in [6.07, 6.45) is 3.63. The van der Waals surface area contributed by atoms with Crippen LogP contribution >= 0.6 is 34.8 Å². The van der Waals surface area contributed by atoms with E-state index in [1.54, 1.807) is 35.4 Å². The van der Waals surface area contributed by atoms with Crippen molar-refractivity contribution in [1.29, 1.82) is 0 Å². The third-order valence-corrected chi connectivity index (χ3v) is 6.28. The van der Waals surface area contributed by atoms with Crippen molar-refractivity contribution in [2.75, 3.05) is 19.1 Å². The number of benzene rings is 2. The molecule has 3 aromatic rings. The van der Waals surface area contributed by atoms with E-state index in [1.165, 1.54) is 0 Å². The van der Waals surface area contributed by atoms with Crippen LogP contribution < -0.4 is 9.47 Å². The maximum Gasteiger partial charge on any atom is 0.138 e. The van der Waals surface area contributed by atoms with Gasteiger partial charge in [0.25, 0.3) is 0 Å². The molecule has 0 saturated carbocycles. The van der Waals surface area contributed by atoms with Crippen LogP contribution in [0.3, 0.4) is 0 Å². The Balaban J connectivity index is 1.68. The Bertz CT molecular complexity index is 1040. The quantitative estimate of drug-likeness (QED) is 0.355. The summed E-state index contributed by atoms with van der Waals surface area (Å²) in [4.78, 5) is 3.95. The summed E-state index contributed by atoms with van der Waals surface area (Å²) in [6.45, 7) is 4.69. The predicted molar refractivity (Wildman–Crippen MR) is 131 cm³/mol. The van der Waals surface area contributed by atoms with Crippen LogP contribution in [-0.4, -0.2) is 51.1 Å². The summed E-state index contributed by atoms with van der Waals surface area (Å²) in [5.41, 5.74) is 1.54. The first-order valence-corrected chi connectivity index (χ1v) is 11.7. The molecule has 9 heteroatoms. The molecule has 2 aromatic carbocycles. The van der Waals surface area contributed by atoms with E-state index in [-0.39, 0.29) is 19.1 Å². The zero-order valence-corrected chi connectivity index (χ0v) is 20.7. The number of aliphatic hydroxyl groups is 2. The van der Waals surface area contributed by atoms with E-state index in [9.17, 15) is 10.2 Å². The highest BCUT2D eigenvalue weighted by molar-refractivity contribution is 6.32. The van der Waals surface area contributed by atoms with E-state index >= 15 is 0 Å². The number of aromatic nitrogens is 2. The van der Waals surface area contributed by atoms with Crippen LogP contribution in [0, 0.1) is 0 Å². The Hall–Kier alpha value is -1.96. The minimum absolute atomic E-state index is 0.0695. The lowest BCUT2D eigenvalue weighted by atomic mass is 9.78. The molecule has 33 heavy (non-hydrogen) atoms. The normalized spacial score (nSPS) is 13.5. The molecule has 2 N–H and O–H groups in total. The van der Waals surface area contributed by atoms with Gasteiger partial charge in [0.05, 0.1) is 28.8 Å². The minimum atomic E-state index is -0.756. The van der Waals surface area contributed by atoms with Crippen LogP contribution in [0.5, 0.6) is 11.5 Å². The van der Waals surface area contributed by atoms with E-state index in [4.69, 9.17) is 44.3 Å². The molecule has 0 aliphatic heterocycles. The lowest BCUT2D eigenvalue weighted by molar-refractivity contribution is 0.0925. The fraction of sp³-hybridized carbons (Fsp3) is 0.375. The van der Waals surface area contributed by atoms with E-state index in [0.29, 0.717) is 28.1 Å². The molecule has 1 aromatic heterocycles. The molecule has 0 saturated heterocycles. The summed E-state index contributed by atoms with van der Waals surface area (Å²) < 4.78 is 13.1. The maximum absolute atomic E-state index is 10.2. The number of hydrogen-bond acceptors (Lipinski definition) is 5. The van der Waals surface area contributed by atoms with Crippen LogP contribution in [0.1, 0.15) is 25.0 Å². The fourth-order valence-electron chi connectivity index (χ4n) is 3.29. The van der Waals surface area contributed by atoms with Crippen molar-refractivity contribution in [1.82, 2.24) is 9.55 Å². The molecular formula is C24H27Cl3N2O4. The molecule has 3 rings (SSSR count). The van der Waals surface area contributed by atoms with Gasteiger partial charge in [-0.05, 0) is 35.4 Å². The van der Waals surface area contributed by atoms with Gasteiger partial charge in [0.1, 0.15) is 36.9 Å². The zero-order chi connectivity index (χ0) is 24.0. The number of imidazole rings is 1. The number of aliphatic hydroxyl groups excluding tert-OH is 2. The van der Waals surface area contributed by atoms with Crippen molar-refractivity contribution in [3.8, 4) is 11.5 Å². The lowest BCUT2D eigenvalue weighted by Crippen LogP contribution is -2.23. The fourth-order valence-corrected chi connectivity index (χ4v) is 3.85. The van der Waals surface area contributed by atoms with Gasteiger partial charge in [-0.15, -0.1) is 11.6 Å². The lowest BCUT2D eigenvalue weighted by Gasteiger charge is -2.27. The van der Waals surface area contributed by atoms with E-state index in [0.717, 1.165) is 11.1 Å². The van der Waals surface area contributed by atoms with Gasteiger partial charge in [-0.25, -0.2) is 4.98 Å².